The summed E-state index contributed by atoms with van der Waals surface area (Å²) < 4.78 is 0. The van der Waals surface area contributed by atoms with Crippen LogP contribution in [0.15, 0.2) is 12.2 Å². The van der Waals surface area contributed by atoms with Crippen LogP contribution in [0.5, 0.6) is 0 Å². The highest BCUT2D eigenvalue weighted by Crippen LogP contribution is 2.17. The molecule has 0 aliphatic heterocycles. The number of aliphatic carboxylic acids is 1. The van der Waals surface area contributed by atoms with E-state index in [4.69, 9.17) is 5.11 Å². The van der Waals surface area contributed by atoms with Gasteiger partial charge in [0.2, 0.25) is 5.91 Å². The standard InChI is InChI=1S/C11H17NO4/c13-9-5-3-1-2-4-8(9)12-10(14)6-7-11(15)16/h6-9,13H,1-5H2,(H,12,14)(H,15,16)/b7-6+. The molecule has 0 heterocycles. The highest BCUT2D eigenvalue weighted by Gasteiger charge is 2.22. The maximum Gasteiger partial charge on any atom is 0.328 e. The molecule has 1 rings (SSSR count). The molecule has 0 saturated heterocycles. The van der Waals surface area contributed by atoms with Crippen LogP contribution in [-0.2, 0) is 9.59 Å². The van der Waals surface area contributed by atoms with Crippen LogP contribution in [-0.4, -0.2) is 34.2 Å². The fourth-order valence-corrected chi connectivity index (χ4v) is 1.83. The van der Waals surface area contributed by atoms with Gasteiger partial charge in [-0.2, -0.15) is 0 Å². The molecule has 0 radical (unpaired) electrons. The number of amides is 1. The van der Waals surface area contributed by atoms with Gasteiger partial charge < -0.3 is 15.5 Å². The van der Waals surface area contributed by atoms with Gasteiger partial charge in [0.15, 0.2) is 0 Å². The van der Waals surface area contributed by atoms with Crippen molar-refractivity contribution in [3.05, 3.63) is 12.2 Å². The Bertz CT molecular complexity index is 288. The normalized spacial score (nSPS) is 26.3. The number of nitrogens with one attached hydrogen (secondary N) is 1. The highest BCUT2D eigenvalue weighted by atomic mass is 16.4. The molecule has 3 N–H and O–H groups in total. The lowest BCUT2D eigenvalue weighted by Gasteiger charge is -2.20. The number of hydrogen-bond acceptors (Lipinski definition) is 3. The molecule has 90 valence electrons. The summed E-state index contributed by atoms with van der Waals surface area (Å²) in [6, 6.07) is -0.256. The predicted octanol–water partition coefficient (Wildman–Crippen LogP) is 0.437. The smallest absolute Gasteiger partial charge is 0.328 e. The number of carboxylic acid groups (broad SMARTS) is 1. The van der Waals surface area contributed by atoms with E-state index in [1.807, 2.05) is 0 Å². The summed E-state index contributed by atoms with van der Waals surface area (Å²) in [7, 11) is 0. The quantitative estimate of drug-likeness (QED) is 0.482. The first-order valence-electron chi connectivity index (χ1n) is 5.49. The molecule has 2 unspecified atom stereocenters. The van der Waals surface area contributed by atoms with Gasteiger partial charge in [0.25, 0.3) is 0 Å². The maximum atomic E-state index is 11.3. The predicted molar refractivity (Wildman–Crippen MR) is 57.8 cm³/mol. The van der Waals surface area contributed by atoms with E-state index in [1.165, 1.54) is 0 Å². The Labute approximate surface area is 94.2 Å². The average Bonchev–Trinajstić information content (AvgIpc) is 2.42. The van der Waals surface area contributed by atoms with E-state index in [0.29, 0.717) is 6.42 Å². The molecule has 0 aromatic rings. The summed E-state index contributed by atoms with van der Waals surface area (Å²) in [5.41, 5.74) is 0. The number of aliphatic hydroxyl groups is 1. The van der Waals surface area contributed by atoms with Gasteiger partial charge in [0.1, 0.15) is 0 Å². The van der Waals surface area contributed by atoms with E-state index in [1.54, 1.807) is 0 Å². The Morgan fingerprint density at radius 1 is 1.12 bits per heavy atom. The van der Waals surface area contributed by atoms with Crippen molar-refractivity contribution in [3.8, 4) is 0 Å². The summed E-state index contributed by atoms with van der Waals surface area (Å²) in [6.07, 6.45) is 5.68. The fourth-order valence-electron chi connectivity index (χ4n) is 1.83. The van der Waals surface area contributed by atoms with E-state index in [0.717, 1.165) is 37.8 Å². The molecular formula is C11H17NO4. The minimum Gasteiger partial charge on any atom is -0.478 e. The minimum atomic E-state index is -1.16. The summed E-state index contributed by atoms with van der Waals surface area (Å²) in [6.45, 7) is 0. The zero-order valence-corrected chi connectivity index (χ0v) is 9.06. The fraction of sp³-hybridized carbons (Fsp3) is 0.636. The third-order valence-electron chi connectivity index (χ3n) is 2.68. The van der Waals surface area contributed by atoms with E-state index >= 15 is 0 Å². The van der Waals surface area contributed by atoms with Gasteiger partial charge in [-0.1, -0.05) is 19.3 Å². The van der Waals surface area contributed by atoms with Crippen molar-refractivity contribution < 1.29 is 19.8 Å². The average molecular weight is 227 g/mol. The number of rotatable bonds is 3. The van der Waals surface area contributed by atoms with E-state index < -0.39 is 18.0 Å². The van der Waals surface area contributed by atoms with E-state index in [-0.39, 0.29) is 6.04 Å². The zero-order chi connectivity index (χ0) is 12.0. The molecule has 0 aromatic carbocycles. The summed E-state index contributed by atoms with van der Waals surface area (Å²) in [4.78, 5) is 21.5. The first kappa shape index (κ1) is 12.7. The number of carboxylic acids is 1. The lowest BCUT2D eigenvalue weighted by molar-refractivity contribution is -0.131. The van der Waals surface area contributed by atoms with Crippen LogP contribution in [0.2, 0.25) is 0 Å². The molecule has 1 aliphatic rings. The molecule has 1 amide bonds. The van der Waals surface area contributed by atoms with Crippen molar-refractivity contribution in [1.82, 2.24) is 5.32 Å². The van der Waals surface area contributed by atoms with Gasteiger partial charge in [-0.15, -0.1) is 0 Å². The zero-order valence-electron chi connectivity index (χ0n) is 9.06. The second kappa shape index (κ2) is 6.27. The van der Waals surface area contributed by atoms with Gasteiger partial charge >= 0.3 is 5.97 Å². The van der Waals surface area contributed by atoms with Crippen LogP contribution in [0, 0.1) is 0 Å². The second-order valence-corrected chi connectivity index (χ2v) is 3.99. The Kier molecular flexibility index (Phi) is 4.98. The van der Waals surface area contributed by atoms with Crippen LogP contribution >= 0.6 is 0 Å². The molecule has 5 nitrogen and oxygen atoms in total. The second-order valence-electron chi connectivity index (χ2n) is 3.99. The van der Waals surface area contributed by atoms with E-state index in [2.05, 4.69) is 5.32 Å². The topological polar surface area (TPSA) is 86.6 Å². The molecule has 1 fully saturated rings. The Morgan fingerprint density at radius 3 is 2.50 bits per heavy atom. The molecule has 2 atom stereocenters. The third-order valence-corrected chi connectivity index (χ3v) is 2.68. The van der Waals surface area contributed by atoms with Gasteiger partial charge in [0, 0.05) is 12.2 Å². The molecule has 1 saturated carbocycles. The number of aliphatic hydroxyl groups excluding tert-OH is 1. The highest BCUT2D eigenvalue weighted by molar-refractivity contribution is 5.94. The van der Waals surface area contributed by atoms with Crippen LogP contribution < -0.4 is 5.32 Å². The summed E-state index contributed by atoms with van der Waals surface area (Å²) in [5, 5.41) is 20.7. The molecular weight excluding hydrogens is 210 g/mol. The lowest BCUT2D eigenvalue weighted by atomic mass is 10.1. The number of carbonyl (C=O) groups excluding carboxylic acids is 1. The van der Waals surface area contributed by atoms with Gasteiger partial charge in [0.05, 0.1) is 12.1 Å². The Hall–Kier alpha value is -1.36. The summed E-state index contributed by atoms with van der Waals surface area (Å²) in [5.74, 6) is -1.62. The van der Waals surface area contributed by atoms with Crippen molar-refractivity contribution in [2.45, 2.75) is 44.2 Å². The number of carbonyl (C=O) groups is 2. The SMILES string of the molecule is O=C(O)/C=C/C(=O)NC1CCCCCC1O. The minimum absolute atomic E-state index is 0.256. The van der Waals surface area contributed by atoms with Gasteiger partial charge in [-0.25, -0.2) is 4.79 Å². The van der Waals surface area contributed by atoms with Crippen LogP contribution in [0.3, 0.4) is 0 Å². The number of hydrogen-bond donors (Lipinski definition) is 3. The van der Waals surface area contributed by atoms with Crippen molar-refractivity contribution in [1.29, 1.82) is 0 Å². The van der Waals surface area contributed by atoms with Crippen molar-refractivity contribution >= 4 is 11.9 Å². The lowest BCUT2D eigenvalue weighted by Crippen LogP contribution is -2.42. The van der Waals surface area contributed by atoms with Crippen molar-refractivity contribution in [3.63, 3.8) is 0 Å². The van der Waals surface area contributed by atoms with Gasteiger partial charge in [-0.3, -0.25) is 4.79 Å². The molecule has 1 aliphatic carbocycles. The van der Waals surface area contributed by atoms with Crippen LogP contribution in [0.25, 0.3) is 0 Å². The Morgan fingerprint density at radius 2 is 1.81 bits per heavy atom. The largest absolute Gasteiger partial charge is 0.478 e. The molecule has 0 bridgehead atoms. The molecule has 0 spiro atoms. The molecule has 16 heavy (non-hydrogen) atoms. The molecule has 0 aromatic heterocycles. The summed E-state index contributed by atoms with van der Waals surface area (Å²) >= 11 is 0. The van der Waals surface area contributed by atoms with Crippen LogP contribution in [0.1, 0.15) is 32.1 Å². The van der Waals surface area contributed by atoms with Crippen molar-refractivity contribution in [2.75, 3.05) is 0 Å². The molecule has 5 heteroatoms. The monoisotopic (exact) mass is 227 g/mol. The van der Waals surface area contributed by atoms with Crippen LogP contribution in [0.4, 0.5) is 0 Å². The Balaban J connectivity index is 2.45. The van der Waals surface area contributed by atoms with Gasteiger partial charge in [-0.05, 0) is 12.8 Å². The van der Waals surface area contributed by atoms with E-state index in [9.17, 15) is 14.7 Å². The van der Waals surface area contributed by atoms with Crippen molar-refractivity contribution in [2.24, 2.45) is 0 Å². The maximum absolute atomic E-state index is 11.3. The first-order valence-corrected chi connectivity index (χ1v) is 5.49. The first-order chi connectivity index (χ1) is 7.59. The third kappa shape index (κ3) is 4.44.